The normalized spacial score (nSPS) is 17.5. The van der Waals surface area contributed by atoms with Crippen LogP contribution in [0.5, 0.6) is 5.75 Å². The number of carbonyl (C=O) groups excluding carboxylic acids is 1. The highest BCUT2D eigenvalue weighted by atomic mass is 16.7. The Morgan fingerprint density at radius 3 is 2.64 bits per heavy atom. The van der Waals surface area contributed by atoms with Crippen LogP contribution in [0.3, 0.4) is 0 Å². The first-order valence-electron chi connectivity index (χ1n) is 11.2. The Kier molecular flexibility index (Phi) is 7.33. The summed E-state index contributed by atoms with van der Waals surface area (Å²) in [4.78, 5) is 21.9. The van der Waals surface area contributed by atoms with Gasteiger partial charge in [-0.25, -0.2) is 0 Å². The van der Waals surface area contributed by atoms with E-state index in [4.69, 9.17) is 14.2 Å². The fourth-order valence-corrected chi connectivity index (χ4v) is 4.29. The summed E-state index contributed by atoms with van der Waals surface area (Å²) in [6.45, 7) is 3.51. The maximum Gasteiger partial charge on any atom is 0.287 e. The van der Waals surface area contributed by atoms with Gasteiger partial charge in [-0.2, -0.15) is 0 Å². The lowest BCUT2D eigenvalue weighted by molar-refractivity contribution is -0.159. The molecule has 1 saturated heterocycles. The Morgan fingerprint density at radius 1 is 1.18 bits per heavy atom. The summed E-state index contributed by atoms with van der Waals surface area (Å²) >= 11 is 0. The number of nitroso groups, excluding NO2 is 1. The maximum absolute atomic E-state index is 11.4. The van der Waals surface area contributed by atoms with Gasteiger partial charge in [0.2, 0.25) is 0 Å². The lowest BCUT2D eigenvalue weighted by Crippen LogP contribution is -2.31. The van der Waals surface area contributed by atoms with Crippen molar-refractivity contribution in [3.63, 3.8) is 0 Å². The lowest BCUT2D eigenvalue weighted by atomic mass is 9.89. The topological polar surface area (TPSA) is 74.2 Å². The van der Waals surface area contributed by atoms with E-state index in [2.05, 4.69) is 47.4 Å². The average Bonchev–Trinajstić information content (AvgIpc) is 3.31. The van der Waals surface area contributed by atoms with Gasteiger partial charge in [0.15, 0.2) is 5.79 Å². The maximum atomic E-state index is 11.4. The molecular formula is C27H27NO5. The zero-order valence-corrected chi connectivity index (χ0v) is 18.7. The number of ether oxygens (including phenoxy) is 3. The molecule has 2 aliphatic rings. The van der Waals surface area contributed by atoms with E-state index >= 15 is 0 Å². The molecule has 1 atom stereocenters. The van der Waals surface area contributed by atoms with Crippen LogP contribution >= 0.6 is 0 Å². The minimum atomic E-state index is -0.700. The van der Waals surface area contributed by atoms with Crippen LogP contribution in [-0.4, -0.2) is 24.9 Å². The minimum absolute atomic E-state index is 0.0213. The van der Waals surface area contributed by atoms with Crippen molar-refractivity contribution >= 4 is 11.5 Å². The highest BCUT2D eigenvalue weighted by Crippen LogP contribution is 2.38. The summed E-state index contributed by atoms with van der Waals surface area (Å²) in [5, 5.41) is 2.48. The number of nitrogens with zero attached hydrogens (tertiary/aromatic N) is 1. The van der Waals surface area contributed by atoms with Crippen molar-refractivity contribution in [2.45, 2.75) is 50.9 Å². The molecule has 1 spiro atoms. The smallest absolute Gasteiger partial charge is 0.287 e. The van der Waals surface area contributed by atoms with Crippen molar-refractivity contribution in [1.82, 2.24) is 0 Å². The van der Waals surface area contributed by atoms with E-state index in [0.717, 1.165) is 36.1 Å². The molecular weight excluding hydrogens is 418 g/mol. The van der Waals surface area contributed by atoms with E-state index < -0.39 is 11.7 Å². The Hall–Kier alpha value is -3.27. The summed E-state index contributed by atoms with van der Waals surface area (Å²) < 4.78 is 17.6. The monoisotopic (exact) mass is 445 g/mol. The van der Waals surface area contributed by atoms with Crippen molar-refractivity contribution in [2.75, 3.05) is 13.2 Å². The molecule has 0 bridgehead atoms. The molecule has 0 radical (unpaired) electrons. The van der Waals surface area contributed by atoms with Gasteiger partial charge in [-0.15, -0.1) is 10.8 Å². The van der Waals surface area contributed by atoms with Gasteiger partial charge in [0.05, 0.1) is 25.6 Å². The first-order valence-corrected chi connectivity index (χ1v) is 11.2. The third-order valence-corrected chi connectivity index (χ3v) is 6.03. The molecule has 1 amide bonds. The molecule has 4 rings (SSSR count). The zero-order chi connectivity index (χ0) is 23.1. The first-order chi connectivity index (χ1) is 16.1. The highest BCUT2D eigenvalue weighted by molar-refractivity contribution is 5.78. The van der Waals surface area contributed by atoms with Crippen LogP contribution in [0.15, 0.2) is 59.8 Å². The van der Waals surface area contributed by atoms with Gasteiger partial charge in [-0.1, -0.05) is 42.3 Å². The third-order valence-electron chi connectivity index (χ3n) is 6.03. The number of carbonyl (C=O) groups is 1. The number of rotatable bonds is 7. The molecule has 2 aromatic carbocycles. The number of hydrogen-bond donors (Lipinski definition) is 0. The van der Waals surface area contributed by atoms with E-state index in [1.807, 2.05) is 24.3 Å². The Balaban J connectivity index is 1.37. The molecule has 1 fully saturated rings. The van der Waals surface area contributed by atoms with Gasteiger partial charge < -0.3 is 14.2 Å². The van der Waals surface area contributed by atoms with Crippen LogP contribution < -0.4 is 4.74 Å². The third kappa shape index (κ3) is 5.75. The van der Waals surface area contributed by atoms with E-state index in [1.165, 1.54) is 11.1 Å². The van der Waals surface area contributed by atoms with Crippen molar-refractivity contribution in [2.24, 2.45) is 5.18 Å². The molecule has 6 nitrogen and oxygen atoms in total. The van der Waals surface area contributed by atoms with Crippen molar-refractivity contribution in [1.29, 1.82) is 0 Å². The number of allylic oxidation sites excluding steroid dienone is 1. The van der Waals surface area contributed by atoms with Gasteiger partial charge in [0, 0.05) is 18.0 Å². The van der Waals surface area contributed by atoms with Gasteiger partial charge >= 0.3 is 0 Å². The van der Waals surface area contributed by atoms with Crippen molar-refractivity contribution in [3.05, 3.63) is 76.2 Å². The van der Waals surface area contributed by atoms with E-state index in [-0.39, 0.29) is 12.3 Å². The predicted octanol–water partition coefficient (Wildman–Crippen LogP) is 5.37. The number of hydrogen-bond acceptors (Lipinski definition) is 5. The molecule has 0 saturated carbocycles. The second kappa shape index (κ2) is 10.6. The molecule has 2 aromatic rings. The summed E-state index contributed by atoms with van der Waals surface area (Å²) in [5.41, 5.74) is 4.46. The Bertz CT molecular complexity index is 1090. The summed E-state index contributed by atoms with van der Waals surface area (Å²) in [6, 6.07) is 15.8. The van der Waals surface area contributed by atoms with E-state index in [1.54, 1.807) is 6.92 Å². The van der Waals surface area contributed by atoms with Crippen LogP contribution in [0.2, 0.25) is 0 Å². The summed E-state index contributed by atoms with van der Waals surface area (Å²) in [6.07, 6.45) is 4.80. The molecule has 0 N–H and O–H groups in total. The fourth-order valence-electron chi connectivity index (χ4n) is 4.29. The van der Waals surface area contributed by atoms with E-state index in [9.17, 15) is 9.70 Å². The van der Waals surface area contributed by atoms with Crippen LogP contribution in [-0.2, 0) is 20.9 Å². The number of benzene rings is 2. The van der Waals surface area contributed by atoms with Gasteiger partial charge in [-0.05, 0) is 53.8 Å². The average molecular weight is 446 g/mol. The van der Waals surface area contributed by atoms with Gasteiger partial charge in [0.25, 0.3) is 5.91 Å². The fraction of sp³-hybridized carbons (Fsp3) is 0.370. The van der Waals surface area contributed by atoms with Gasteiger partial charge in [0.1, 0.15) is 12.4 Å². The molecule has 1 aliphatic carbocycles. The Labute approximate surface area is 193 Å². The first kappa shape index (κ1) is 22.9. The molecule has 0 aromatic heterocycles. The van der Waals surface area contributed by atoms with Crippen molar-refractivity contribution in [3.8, 4) is 17.6 Å². The molecule has 1 heterocycles. The van der Waals surface area contributed by atoms with Crippen LogP contribution in [0.25, 0.3) is 5.57 Å². The SMILES string of the molecule is CC#C[C@@H](CC(=O)N=O)c1ccc(OCc2cccc(C3=CCC4(CC3)OCCO4)c2)cc1. The van der Waals surface area contributed by atoms with Gasteiger partial charge in [-0.3, -0.25) is 4.79 Å². The minimum Gasteiger partial charge on any atom is -0.489 e. The molecule has 1 aliphatic heterocycles. The molecule has 6 heteroatoms. The zero-order valence-electron chi connectivity index (χ0n) is 18.7. The second-order valence-corrected chi connectivity index (χ2v) is 8.24. The highest BCUT2D eigenvalue weighted by Gasteiger charge is 2.37. The quantitative estimate of drug-likeness (QED) is 0.423. The summed E-state index contributed by atoms with van der Waals surface area (Å²) in [7, 11) is 0. The van der Waals surface area contributed by atoms with Crippen LogP contribution in [0, 0.1) is 16.7 Å². The molecule has 0 unspecified atom stereocenters. The molecule has 170 valence electrons. The Morgan fingerprint density at radius 2 is 1.97 bits per heavy atom. The van der Waals surface area contributed by atoms with E-state index in [0.29, 0.717) is 19.8 Å². The number of amides is 1. The summed E-state index contributed by atoms with van der Waals surface area (Å²) in [5.74, 6) is 5.03. The predicted molar refractivity (Wildman–Crippen MR) is 125 cm³/mol. The van der Waals surface area contributed by atoms with Crippen LogP contribution in [0.1, 0.15) is 55.2 Å². The molecule has 33 heavy (non-hydrogen) atoms. The second-order valence-electron chi connectivity index (χ2n) is 8.24. The van der Waals surface area contributed by atoms with Crippen LogP contribution in [0.4, 0.5) is 0 Å². The van der Waals surface area contributed by atoms with Crippen molar-refractivity contribution < 1.29 is 19.0 Å². The lowest BCUT2D eigenvalue weighted by Gasteiger charge is -2.30. The standard InChI is InChI=1S/C27H27NO5/c1-2-4-23(18-26(29)28-30)21-7-9-25(10-8-21)31-19-20-5-3-6-24(17-20)22-11-13-27(14-12-22)32-15-16-33-27/h3,5-11,17,23H,12-16,18-19H2,1H3/t23-/m0/s1. The largest absolute Gasteiger partial charge is 0.489 e.